The standard InChI is InChI=1S/C27H38/c1-19(2)9-8-10-20(3)23-14-15-24-22-13-12-21-11-6-7-17-26(21,4)25(22)16-18-27(23,24)5/h6-7,11-13,16,18-20,23-24H,8-10,14-15,17H2,1-5H3/t20-,23-,24+,26+,27-/m1/s1. The molecule has 0 spiro atoms. The molecule has 4 aliphatic rings. The monoisotopic (exact) mass is 362 g/mol. The summed E-state index contributed by atoms with van der Waals surface area (Å²) in [5.74, 6) is 3.23. The molecule has 0 bridgehead atoms. The number of rotatable bonds is 5. The first kappa shape index (κ1) is 19.0. The second-order valence-electron chi connectivity index (χ2n) is 10.5. The van der Waals surface area contributed by atoms with E-state index in [1.165, 1.54) is 37.7 Å². The van der Waals surface area contributed by atoms with Crippen LogP contribution in [-0.4, -0.2) is 0 Å². The highest BCUT2D eigenvalue weighted by Gasteiger charge is 2.51. The van der Waals surface area contributed by atoms with Crippen molar-refractivity contribution in [1.29, 1.82) is 0 Å². The van der Waals surface area contributed by atoms with Gasteiger partial charge in [-0.15, -0.1) is 0 Å². The van der Waals surface area contributed by atoms with Crippen LogP contribution in [0.15, 0.2) is 59.3 Å². The molecule has 0 aliphatic heterocycles. The number of hydrogen-bond acceptors (Lipinski definition) is 0. The minimum atomic E-state index is 0.192. The molecule has 0 heteroatoms. The molecular weight excluding hydrogens is 324 g/mol. The molecule has 4 rings (SSSR count). The summed E-state index contributed by atoms with van der Waals surface area (Å²) in [6, 6.07) is 0. The third-order valence-corrected chi connectivity index (χ3v) is 8.35. The van der Waals surface area contributed by atoms with Crippen LogP contribution in [0.2, 0.25) is 0 Å². The van der Waals surface area contributed by atoms with Crippen molar-refractivity contribution < 1.29 is 0 Å². The van der Waals surface area contributed by atoms with Crippen molar-refractivity contribution in [2.45, 2.75) is 73.1 Å². The predicted molar refractivity (Wildman–Crippen MR) is 117 cm³/mol. The van der Waals surface area contributed by atoms with Crippen LogP contribution < -0.4 is 0 Å². The maximum absolute atomic E-state index is 2.63. The second kappa shape index (κ2) is 6.94. The van der Waals surface area contributed by atoms with E-state index >= 15 is 0 Å². The van der Waals surface area contributed by atoms with Gasteiger partial charge in [0.15, 0.2) is 0 Å². The van der Waals surface area contributed by atoms with Crippen molar-refractivity contribution in [2.75, 3.05) is 0 Å². The molecule has 0 amide bonds. The average Bonchev–Trinajstić information content (AvgIpc) is 2.98. The van der Waals surface area contributed by atoms with Gasteiger partial charge >= 0.3 is 0 Å². The summed E-state index contributed by atoms with van der Waals surface area (Å²) in [5, 5.41) is 0. The molecule has 5 atom stereocenters. The van der Waals surface area contributed by atoms with Gasteiger partial charge in [-0.05, 0) is 65.1 Å². The Kier molecular flexibility index (Phi) is 4.90. The Hall–Kier alpha value is -1.30. The fraction of sp³-hybridized carbons (Fsp3) is 0.630. The van der Waals surface area contributed by atoms with Crippen LogP contribution >= 0.6 is 0 Å². The summed E-state index contributed by atoms with van der Waals surface area (Å²) in [6.07, 6.45) is 25.0. The lowest BCUT2D eigenvalue weighted by molar-refractivity contribution is 0.175. The van der Waals surface area contributed by atoms with E-state index in [2.05, 4.69) is 77.2 Å². The van der Waals surface area contributed by atoms with Crippen LogP contribution in [0.1, 0.15) is 73.1 Å². The second-order valence-corrected chi connectivity index (χ2v) is 10.5. The minimum absolute atomic E-state index is 0.192. The van der Waals surface area contributed by atoms with E-state index in [-0.39, 0.29) is 5.41 Å². The highest BCUT2D eigenvalue weighted by atomic mass is 14.6. The molecule has 0 unspecified atom stereocenters. The van der Waals surface area contributed by atoms with E-state index in [9.17, 15) is 0 Å². The SMILES string of the molecule is CC(C)CCC[C@@H](C)[C@H]1CC[C@H]2C3=C(C=C[C@]12C)[C@@]1(C)CC=CC=C1C=C3. The first-order valence-corrected chi connectivity index (χ1v) is 11.4. The molecule has 0 aromatic carbocycles. The van der Waals surface area contributed by atoms with Crippen LogP contribution in [0.25, 0.3) is 0 Å². The van der Waals surface area contributed by atoms with Gasteiger partial charge in [0.25, 0.3) is 0 Å². The Balaban J connectivity index is 1.57. The zero-order chi connectivity index (χ0) is 19.2. The molecule has 0 nitrogen and oxygen atoms in total. The van der Waals surface area contributed by atoms with Crippen molar-refractivity contribution in [3.05, 3.63) is 59.3 Å². The first-order valence-electron chi connectivity index (χ1n) is 11.4. The number of fused-ring (bicyclic) bond motifs is 4. The summed E-state index contributed by atoms with van der Waals surface area (Å²) in [7, 11) is 0. The molecule has 4 aliphatic carbocycles. The smallest absolute Gasteiger partial charge is 0.0211 e. The lowest BCUT2D eigenvalue weighted by atomic mass is 9.58. The molecule has 0 aromatic rings. The van der Waals surface area contributed by atoms with Gasteiger partial charge in [0, 0.05) is 5.41 Å². The molecular formula is C27H38. The topological polar surface area (TPSA) is 0 Å². The quantitative estimate of drug-likeness (QED) is 0.468. The Morgan fingerprint density at radius 1 is 1.04 bits per heavy atom. The molecule has 1 saturated carbocycles. The van der Waals surface area contributed by atoms with Crippen LogP contribution in [-0.2, 0) is 0 Å². The average molecular weight is 363 g/mol. The fourth-order valence-electron chi connectivity index (χ4n) is 6.62. The normalized spacial score (nSPS) is 37.9. The Labute approximate surface area is 167 Å². The highest BCUT2D eigenvalue weighted by Crippen LogP contribution is 2.61. The van der Waals surface area contributed by atoms with Gasteiger partial charge in [-0.2, -0.15) is 0 Å². The predicted octanol–water partition coefficient (Wildman–Crippen LogP) is 7.81. The van der Waals surface area contributed by atoms with Gasteiger partial charge in [-0.25, -0.2) is 0 Å². The van der Waals surface area contributed by atoms with Crippen molar-refractivity contribution >= 4 is 0 Å². The maximum atomic E-state index is 2.63. The van der Waals surface area contributed by atoms with Gasteiger partial charge in [0.05, 0.1) is 0 Å². The van der Waals surface area contributed by atoms with E-state index < -0.39 is 0 Å². The van der Waals surface area contributed by atoms with Gasteiger partial charge in [0.1, 0.15) is 0 Å². The van der Waals surface area contributed by atoms with Crippen LogP contribution in [0.3, 0.4) is 0 Å². The maximum Gasteiger partial charge on any atom is 0.0211 e. The van der Waals surface area contributed by atoms with Gasteiger partial charge in [-0.3, -0.25) is 0 Å². The summed E-state index contributed by atoms with van der Waals surface area (Å²) < 4.78 is 0. The molecule has 1 fully saturated rings. The van der Waals surface area contributed by atoms with Crippen LogP contribution in [0.5, 0.6) is 0 Å². The molecule has 0 saturated heterocycles. The van der Waals surface area contributed by atoms with Gasteiger partial charge in [0.2, 0.25) is 0 Å². The minimum Gasteiger partial charge on any atom is -0.0833 e. The van der Waals surface area contributed by atoms with E-state index in [4.69, 9.17) is 0 Å². The third-order valence-electron chi connectivity index (χ3n) is 8.35. The van der Waals surface area contributed by atoms with Gasteiger partial charge in [-0.1, -0.05) is 96.4 Å². The molecule has 27 heavy (non-hydrogen) atoms. The molecule has 146 valence electrons. The van der Waals surface area contributed by atoms with E-state index in [1.807, 2.05) is 0 Å². The van der Waals surface area contributed by atoms with Crippen molar-refractivity contribution in [3.63, 3.8) is 0 Å². The lowest BCUT2D eigenvalue weighted by Gasteiger charge is -2.46. The van der Waals surface area contributed by atoms with E-state index in [0.29, 0.717) is 5.41 Å². The largest absolute Gasteiger partial charge is 0.0833 e. The first-order chi connectivity index (χ1) is 12.9. The fourth-order valence-corrected chi connectivity index (χ4v) is 6.62. The summed E-state index contributed by atoms with van der Waals surface area (Å²) in [5.41, 5.74) is 5.30. The summed E-state index contributed by atoms with van der Waals surface area (Å²) in [6.45, 7) is 12.3. The number of hydrogen-bond donors (Lipinski definition) is 0. The molecule has 0 radical (unpaired) electrons. The van der Waals surface area contributed by atoms with Gasteiger partial charge < -0.3 is 0 Å². The highest BCUT2D eigenvalue weighted by molar-refractivity contribution is 5.57. The third kappa shape index (κ3) is 3.04. The summed E-state index contributed by atoms with van der Waals surface area (Å²) in [4.78, 5) is 0. The van der Waals surface area contributed by atoms with E-state index in [0.717, 1.165) is 30.1 Å². The summed E-state index contributed by atoms with van der Waals surface area (Å²) >= 11 is 0. The van der Waals surface area contributed by atoms with Crippen molar-refractivity contribution in [1.82, 2.24) is 0 Å². The number of allylic oxidation sites excluding steroid dienone is 10. The molecule has 0 heterocycles. The zero-order valence-electron chi connectivity index (χ0n) is 18.1. The Morgan fingerprint density at radius 2 is 1.85 bits per heavy atom. The van der Waals surface area contributed by atoms with Crippen molar-refractivity contribution in [2.24, 2.45) is 34.5 Å². The Morgan fingerprint density at radius 3 is 2.63 bits per heavy atom. The van der Waals surface area contributed by atoms with Crippen molar-refractivity contribution in [3.8, 4) is 0 Å². The molecule has 0 aromatic heterocycles. The lowest BCUT2D eigenvalue weighted by Crippen LogP contribution is -2.37. The molecule has 0 N–H and O–H groups in total. The van der Waals surface area contributed by atoms with Crippen LogP contribution in [0.4, 0.5) is 0 Å². The Bertz CT molecular complexity index is 740. The van der Waals surface area contributed by atoms with Crippen LogP contribution in [0, 0.1) is 34.5 Å². The van der Waals surface area contributed by atoms with E-state index in [1.54, 1.807) is 11.1 Å². The zero-order valence-corrected chi connectivity index (χ0v) is 18.1.